The van der Waals surface area contributed by atoms with Crippen molar-refractivity contribution in [2.24, 2.45) is 27.4 Å². The molecular weight excluding hydrogens is 470 g/mol. The minimum atomic E-state index is -0.632. The highest BCUT2D eigenvalue weighted by atomic mass is 32.1. The number of thiol groups is 2. The standard InChI is InChI=1S/C18H33N9O4S2/c19-14(29)11(7-32)21-2-3-22-12(8-33)16(30)23-5-10(6-28)1-4-27-9-24-13-15(27)25-18(20)26-17(13)31/h9-13,15,21-22,28,32-33H,1-8H2,(H2,19,29)(H,23,30)(H3,20,25,26,31). The van der Waals surface area contributed by atoms with Gasteiger partial charge in [-0.25, -0.2) is 4.99 Å². The number of guanidine groups is 1. The van der Waals surface area contributed by atoms with Gasteiger partial charge in [0.1, 0.15) is 0 Å². The van der Waals surface area contributed by atoms with E-state index < -0.39 is 30.2 Å². The average Bonchev–Trinajstić information content (AvgIpc) is 3.19. The van der Waals surface area contributed by atoms with E-state index in [4.69, 9.17) is 11.5 Å². The molecule has 33 heavy (non-hydrogen) atoms. The quantitative estimate of drug-likeness (QED) is 0.0792. The summed E-state index contributed by atoms with van der Waals surface area (Å²) < 4.78 is 0. The van der Waals surface area contributed by atoms with E-state index in [0.717, 1.165) is 0 Å². The molecule has 0 saturated carbocycles. The van der Waals surface area contributed by atoms with Gasteiger partial charge in [0.05, 0.1) is 18.4 Å². The molecule has 0 fully saturated rings. The zero-order chi connectivity index (χ0) is 24.4. The summed E-state index contributed by atoms with van der Waals surface area (Å²) in [5.74, 6) is -0.613. The van der Waals surface area contributed by atoms with Crippen molar-refractivity contribution < 1.29 is 19.5 Å². The van der Waals surface area contributed by atoms with Crippen LogP contribution in [-0.4, -0.2) is 109 Å². The van der Waals surface area contributed by atoms with Crippen LogP contribution in [0, 0.1) is 5.92 Å². The number of fused-ring (bicyclic) bond motifs is 1. The Morgan fingerprint density at radius 2 is 1.91 bits per heavy atom. The fourth-order valence-electron chi connectivity index (χ4n) is 3.34. The lowest BCUT2D eigenvalue weighted by atomic mass is 10.1. The Morgan fingerprint density at radius 1 is 1.24 bits per heavy atom. The zero-order valence-corrected chi connectivity index (χ0v) is 20.0. The summed E-state index contributed by atoms with van der Waals surface area (Å²) in [6, 6.07) is -1.71. The van der Waals surface area contributed by atoms with Gasteiger partial charge in [-0.15, -0.1) is 0 Å². The number of aliphatic hydroxyl groups excluding tert-OH is 1. The second-order valence-electron chi connectivity index (χ2n) is 7.73. The number of nitrogens with two attached hydrogens (primary N) is 2. The van der Waals surface area contributed by atoms with E-state index in [2.05, 4.69) is 56.5 Å². The number of primary amides is 1. The second kappa shape index (κ2) is 13.6. The molecule has 0 saturated heterocycles. The first-order valence-corrected chi connectivity index (χ1v) is 11.9. The smallest absolute Gasteiger partial charge is 0.255 e. The summed E-state index contributed by atoms with van der Waals surface area (Å²) in [4.78, 5) is 45.8. The van der Waals surface area contributed by atoms with Crippen LogP contribution >= 0.6 is 25.3 Å². The number of nitrogens with one attached hydrogen (secondary N) is 4. The first-order valence-electron chi connectivity index (χ1n) is 10.6. The van der Waals surface area contributed by atoms with Crippen LogP contribution in [-0.2, 0) is 14.4 Å². The molecule has 2 aliphatic heterocycles. The normalized spacial score (nSPS) is 22.2. The van der Waals surface area contributed by atoms with E-state index in [1.807, 2.05) is 0 Å². The SMILES string of the molecule is NC(=O)C(CS)NCCNC(CS)C(=O)NCC(CO)CCN1C=NC2C(=O)NC(N)=NC21. The Labute approximate surface area is 203 Å². The maximum absolute atomic E-state index is 12.5. The molecule has 0 bridgehead atoms. The van der Waals surface area contributed by atoms with E-state index in [1.165, 1.54) is 0 Å². The van der Waals surface area contributed by atoms with Crippen LogP contribution < -0.4 is 32.7 Å². The van der Waals surface area contributed by atoms with E-state index in [1.54, 1.807) is 11.2 Å². The highest BCUT2D eigenvalue weighted by molar-refractivity contribution is 7.80. The first-order chi connectivity index (χ1) is 15.8. The number of nitrogens with zero attached hydrogens (tertiary/aromatic N) is 3. The lowest BCUT2D eigenvalue weighted by Crippen LogP contribution is -2.54. The molecule has 3 amide bonds. The fourth-order valence-corrected chi connectivity index (χ4v) is 3.95. The number of carbonyl (C=O) groups is 3. The number of aliphatic hydroxyl groups is 1. The summed E-state index contributed by atoms with van der Waals surface area (Å²) in [5.41, 5.74) is 10.9. The third-order valence-corrected chi connectivity index (χ3v) is 6.07. The molecule has 0 aliphatic carbocycles. The molecule has 2 heterocycles. The van der Waals surface area contributed by atoms with Crippen LogP contribution in [0.15, 0.2) is 9.98 Å². The molecule has 2 rings (SSSR count). The van der Waals surface area contributed by atoms with Gasteiger partial charge in [-0.1, -0.05) is 0 Å². The molecule has 0 aromatic carbocycles. The molecule has 0 aromatic heterocycles. The predicted octanol–water partition coefficient (Wildman–Crippen LogP) is -4.15. The van der Waals surface area contributed by atoms with Gasteiger partial charge >= 0.3 is 0 Å². The topological polar surface area (TPSA) is 200 Å². The van der Waals surface area contributed by atoms with Crippen molar-refractivity contribution in [1.82, 2.24) is 26.2 Å². The van der Waals surface area contributed by atoms with Crippen molar-refractivity contribution in [3.8, 4) is 0 Å². The van der Waals surface area contributed by atoms with Gasteiger partial charge in [0.2, 0.25) is 11.8 Å². The van der Waals surface area contributed by atoms with Crippen LogP contribution in [0.5, 0.6) is 0 Å². The van der Waals surface area contributed by atoms with Crippen LogP contribution in [0.3, 0.4) is 0 Å². The van der Waals surface area contributed by atoms with Gasteiger partial charge in [0.25, 0.3) is 5.91 Å². The molecule has 0 radical (unpaired) electrons. The number of hydrogen-bond donors (Lipinski definition) is 9. The Bertz CT molecular complexity index is 754. The lowest BCUT2D eigenvalue weighted by Gasteiger charge is -2.28. The van der Waals surface area contributed by atoms with Crippen LogP contribution in [0.1, 0.15) is 6.42 Å². The Morgan fingerprint density at radius 3 is 2.52 bits per heavy atom. The molecule has 2 aliphatic rings. The van der Waals surface area contributed by atoms with Gasteiger partial charge in [-0.2, -0.15) is 25.3 Å². The van der Waals surface area contributed by atoms with Gasteiger partial charge < -0.3 is 37.4 Å². The van der Waals surface area contributed by atoms with E-state index in [9.17, 15) is 19.5 Å². The molecule has 186 valence electrons. The summed E-state index contributed by atoms with van der Waals surface area (Å²) >= 11 is 8.28. The second-order valence-corrected chi connectivity index (χ2v) is 8.46. The summed E-state index contributed by atoms with van der Waals surface area (Å²) in [7, 11) is 0. The third kappa shape index (κ3) is 8.03. The molecule has 0 aromatic rings. The van der Waals surface area contributed by atoms with Crippen molar-refractivity contribution in [2.45, 2.75) is 30.7 Å². The molecule has 5 atom stereocenters. The Hall–Kier alpha value is -2.07. The van der Waals surface area contributed by atoms with Gasteiger partial charge in [-0.05, 0) is 6.42 Å². The third-order valence-electron chi connectivity index (χ3n) is 5.34. The van der Waals surface area contributed by atoms with E-state index >= 15 is 0 Å². The summed E-state index contributed by atoms with van der Waals surface area (Å²) in [6.45, 7) is 1.49. The summed E-state index contributed by atoms with van der Waals surface area (Å²) in [5, 5.41) is 21.0. The average molecular weight is 504 g/mol. The van der Waals surface area contributed by atoms with E-state index in [0.29, 0.717) is 26.1 Å². The number of rotatable bonds is 15. The maximum atomic E-state index is 12.5. The van der Waals surface area contributed by atoms with Gasteiger partial charge in [0, 0.05) is 50.2 Å². The number of carbonyl (C=O) groups excluding carboxylic acids is 3. The number of amides is 3. The highest BCUT2D eigenvalue weighted by Gasteiger charge is 2.39. The van der Waals surface area contributed by atoms with Crippen molar-refractivity contribution in [2.75, 3.05) is 44.3 Å². The van der Waals surface area contributed by atoms with Crippen LogP contribution in [0.2, 0.25) is 0 Å². The minimum absolute atomic E-state index is 0.0546. The van der Waals surface area contributed by atoms with Gasteiger partial charge in [-0.3, -0.25) is 24.7 Å². The van der Waals surface area contributed by atoms with Crippen LogP contribution in [0.4, 0.5) is 0 Å². The maximum Gasteiger partial charge on any atom is 0.255 e. The zero-order valence-electron chi connectivity index (χ0n) is 18.2. The molecule has 9 N–H and O–H groups in total. The molecule has 13 nitrogen and oxygen atoms in total. The number of aliphatic imine (C=N–C) groups is 2. The molecule has 5 unspecified atom stereocenters. The van der Waals surface area contributed by atoms with Crippen LogP contribution in [0.25, 0.3) is 0 Å². The van der Waals surface area contributed by atoms with Crippen molar-refractivity contribution in [3.63, 3.8) is 0 Å². The first kappa shape index (κ1) is 27.2. The number of hydrogen-bond acceptors (Lipinski definition) is 12. The summed E-state index contributed by atoms with van der Waals surface area (Å²) in [6.07, 6.45) is 1.62. The van der Waals surface area contributed by atoms with Crippen molar-refractivity contribution >= 4 is 55.3 Å². The van der Waals surface area contributed by atoms with Crippen molar-refractivity contribution in [3.05, 3.63) is 0 Å². The Balaban J connectivity index is 1.73. The minimum Gasteiger partial charge on any atom is -0.396 e. The fraction of sp³-hybridized carbons (Fsp3) is 0.722. The molecular formula is C18H33N9O4S2. The highest BCUT2D eigenvalue weighted by Crippen LogP contribution is 2.19. The monoisotopic (exact) mass is 503 g/mol. The van der Waals surface area contributed by atoms with E-state index in [-0.39, 0.29) is 48.3 Å². The molecule has 0 spiro atoms. The van der Waals surface area contributed by atoms with Crippen molar-refractivity contribution in [1.29, 1.82) is 0 Å². The van der Waals surface area contributed by atoms with Gasteiger partial charge in [0.15, 0.2) is 18.2 Å². The largest absolute Gasteiger partial charge is 0.396 e. The predicted molar refractivity (Wildman–Crippen MR) is 131 cm³/mol. The molecule has 15 heteroatoms. The Kier molecular flexibility index (Phi) is 11.2. The lowest BCUT2D eigenvalue weighted by molar-refractivity contribution is -0.123.